The summed E-state index contributed by atoms with van der Waals surface area (Å²) in [5, 5.41) is 16.9. The lowest BCUT2D eigenvalue weighted by Crippen LogP contribution is -2.51. The third-order valence-corrected chi connectivity index (χ3v) is 9.08. The monoisotopic (exact) mass is 523 g/mol. The Balaban J connectivity index is 1.21. The van der Waals surface area contributed by atoms with Crippen molar-refractivity contribution in [3.63, 3.8) is 0 Å². The van der Waals surface area contributed by atoms with E-state index in [1.54, 1.807) is 30.2 Å². The van der Waals surface area contributed by atoms with Crippen LogP contribution in [-0.2, 0) is 9.59 Å². The van der Waals surface area contributed by atoms with Gasteiger partial charge >= 0.3 is 0 Å². The van der Waals surface area contributed by atoms with Gasteiger partial charge in [0.15, 0.2) is 0 Å². The van der Waals surface area contributed by atoms with E-state index in [-0.39, 0.29) is 47.4 Å². The van der Waals surface area contributed by atoms with Gasteiger partial charge in [-0.1, -0.05) is 18.0 Å². The van der Waals surface area contributed by atoms with Gasteiger partial charge in [-0.15, -0.1) is 0 Å². The van der Waals surface area contributed by atoms with Crippen LogP contribution in [0.2, 0.25) is 5.02 Å². The molecule has 4 aliphatic rings. The molecule has 6 rings (SSSR count). The molecule has 10 heteroatoms. The van der Waals surface area contributed by atoms with Crippen molar-refractivity contribution in [2.45, 2.75) is 62.6 Å². The number of rotatable bonds is 6. The Kier molecular flexibility index (Phi) is 5.83. The van der Waals surface area contributed by atoms with E-state index in [0.29, 0.717) is 34.9 Å². The molecule has 0 radical (unpaired) electrons. The number of ether oxygens (including phenoxy) is 1. The van der Waals surface area contributed by atoms with Crippen LogP contribution in [0.5, 0.6) is 5.75 Å². The normalized spacial score (nSPS) is 28.1. The highest BCUT2D eigenvalue weighted by Crippen LogP contribution is 2.46. The number of aromatic nitrogens is 1. The second kappa shape index (κ2) is 8.95. The Morgan fingerprint density at radius 2 is 2.14 bits per heavy atom. The smallest absolute Gasteiger partial charge is 0.271 e. The first-order valence-electron chi connectivity index (χ1n) is 13.0. The van der Waals surface area contributed by atoms with Gasteiger partial charge in [0.25, 0.3) is 5.91 Å². The quantitative estimate of drug-likeness (QED) is 0.536. The van der Waals surface area contributed by atoms with Crippen LogP contribution in [-0.4, -0.2) is 58.9 Å². The Morgan fingerprint density at radius 3 is 2.84 bits per heavy atom. The zero-order valence-corrected chi connectivity index (χ0v) is 21.4. The third kappa shape index (κ3) is 4.21. The molecular formula is C27H30ClN5O4. The highest BCUT2D eigenvalue weighted by molar-refractivity contribution is 6.35. The van der Waals surface area contributed by atoms with E-state index in [2.05, 4.69) is 21.7 Å². The molecule has 3 N–H and O–H groups in total. The van der Waals surface area contributed by atoms with E-state index >= 15 is 0 Å². The fourth-order valence-corrected chi connectivity index (χ4v) is 7.01. The fraction of sp³-hybridized carbons (Fsp3) is 0.556. The average Bonchev–Trinajstić information content (AvgIpc) is 3.25. The zero-order chi connectivity index (χ0) is 25.9. The predicted octanol–water partition coefficient (Wildman–Crippen LogP) is 3.14. The number of nitriles is 1. The average molecular weight is 524 g/mol. The summed E-state index contributed by atoms with van der Waals surface area (Å²) < 4.78 is 5.29. The first-order chi connectivity index (χ1) is 17.8. The lowest BCUT2D eigenvalue weighted by atomic mass is 9.92. The van der Waals surface area contributed by atoms with Gasteiger partial charge in [0.05, 0.1) is 23.7 Å². The number of aromatic amines is 1. The number of benzene rings is 1. The van der Waals surface area contributed by atoms with E-state index in [1.807, 2.05) is 0 Å². The number of nitrogens with zero attached hydrogens (tertiary/aromatic N) is 2. The predicted molar refractivity (Wildman–Crippen MR) is 136 cm³/mol. The molecule has 5 unspecified atom stereocenters. The number of hydrogen-bond acceptors (Lipinski definition) is 5. The van der Waals surface area contributed by atoms with Crippen molar-refractivity contribution in [3.8, 4) is 11.8 Å². The van der Waals surface area contributed by atoms with Gasteiger partial charge in [-0.2, -0.15) is 5.26 Å². The number of H-pyrrole nitrogens is 1. The van der Waals surface area contributed by atoms with Crippen molar-refractivity contribution in [2.24, 2.45) is 17.8 Å². The Morgan fingerprint density at radius 1 is 1.32 bits per heavy atom. The first-order valence-corrected chi connectivity index (χ1v) is 13.4. The molecule has 2 aliphatic heterocycles. The standard InChI is InChI=1S/C27H30ClN5O4/c1-37-18-8-15-9-21(31-22(15)20(28)10-18)26(36)33-13-14-3-2-4-19(14)23(33)25(35)30-17(12-29)7-16-11-27(5-6-27)32-24(16)34/h8-10,14,16-17,19,23,31H,2-7,11,13H2,1H3,(H,30,35)(H,32,34). The van der Waals surface area contributed by atoms with E-state index < -0.39 is 12.1 Å². The molecule has 4 fully saturated rings. The first kappa shape index (κ1) is 24.1. The second-order valence-corrected chi connectivity index (χ2v) is 11.5. The van der Waals surface area contributed by atoms with Gasteiger partial charge < -0.3 is 25.3 Å². The number of fused-ring (bicyclic) bond motifs is 2. The second-order valence-electron chi connectivity index (χ2n) is 11.1. The highest BCUT2D eigenvalue weighted by atomic mass is 35.5. The summed E-state index contributed by atoms with van der Waals surface area (Å²) in [6.45, 7) is 0.499. The van der Waals surface area contributed by atoms with Crippen molar-refractivity contribution >= 4 is 40.2 Å². The van der Waals surface area contributed by atoms with Crippen molar-refractivity contribution in [1.82, 2.24) is 20.5 Å². The van der Waals surface area contributed by atoms with Gasteiger partial charge in [-0.25, -0.2) is 0 Å². The Hall–Kier alpha value is -3.25. The number of nitrogens with one attached hydrogen (secondary N) is 3. The summed E-state index contributed by atoms with van der Waals surface area (Å²) >= 11 is 6.39. The summed E-state index contributed by atoms with van der Waals surface area (Å²) in [6, 6.07) is 5.96. The van der Waals surface area contributed by atoms with Crippen molar-refractivity contribution in [1.29, 1.82) is 5.26 Å². The maximum atomic E-state index is 13.7. The summed E-state index contributed by atoms with van der Waals surface area (Å²) in [5.74, 6) is 0.0135. The number of amides is 3. The van der Waals surface area contributed by atoms with Crippen molar-refractivity contribution in [3.05, 3.63) is 28.9 Å². The maximum Gasteiger partial charge on any atom is 0.271 e. The third-order valence-electron chi connectivity index (χ3n) is 8.78. The Labute approximate surface area is 219 Å². The van der Waals surface area contributed by atoms with E-state index in [4.69, 9.17) is 16.3 Å². The van der Waals surface area contributed by atoms with Crippen LogP contribution in [0.4, 0.5) is 0 Å². The topological polar surface area (TPSA) is 127 Å². The molecule has 1 spiro atoms. The lowest BCUT2D eigenvalue weighted by Gasteiger charge is -2.28. The van der Waals surface area contributed by atoms with Crippen LogP contribution >= 0.6 is 11.6 Å². The number of carbonyl (C=O) groups is 3. The van der Waals surface area contributed by atoms with Crippen LogP contribution in [0, 0.1) is 29.1 Å². The summed E-state index contributed by atoms with van der Waals surface area (Å²) in [6.07, 6.45) is 5.82. The van der Waals surface area contributed by atoms with E-state index in [1.165, 1.54) is 0 Å². The van der Waals surface area contributed by atoms with Crippen molar-refractivity contribution < 1.29 is 19.1 Å². The number of carbonyl (C=O) groups excluding carboxylic acids is 3. The zero-order valence-electron chi connectivity index (χ0n) is 20.7. The van der Waals surface area contributed by atoms with Gasteiger partial charge in [-0.3, -0.25) is 14.4 Å². The van der Waals surface area contributed by atoms with Crippen LogP contribution in [0.1, 0.15) is 55.4 Å². The SMILES string of the molecule is COc1cc(Cl)c2[nH]c(C(=O)N3CC4CCCC4C3C(=O)NC(C#N)CC3CC4(CC4)NC3=O)cc2c1. The summed E-state index contributed by atoms with van der Waals surface area (Å²) in [5.41, 5.74) is 0.917. The molecule has 194 valence electrons. The van der Waals surface area contributed by atoms with Gasteiger partial charge in [-0.05, 0) is 62.5 Å². The molecule has 5 atom stereocenters. The number of halogens is 1. The molecule has 3 amide bonds. The van der Waals surface area contributed by atoms with E-state index in [9.17, 15) is 19.6 Å². The van der Waals surface area contributed by atoms with Gasteiger partial charge in [0.1, 0.15) is 23.5 Å². The van der Waals surface area contributed by atoms with Gasteiger partial charge in [0, 0.05) is 29.5 Å². The summed E-state index contributed by atoms with van der Waals surface area (Å²) in [4.78, 5) is 44.5. The number of likely N-dealkylation sites (tertiary alicyclic amines) is 1. The molecule has 0 bridgehead atoms. The molecule has 2 aromatic rings. The molecular weight excluding hydrogens is 494 g/mol. The molecule has 2 aliphatic carbocycles. The number of hydrogen-bond donors (Lipinski definition) is 3. The van der Waals surface area contributed by atoms with Crippen LogP contribution in [0.3, 0.4) is 0 Å². The van der Waals surface area contributed by atoms with Crippen LogP contribution in [0.25, 0.3) is 10.9 Å². The van der Waals surface area contributed by atoms with Crippen molar-refractivity contribution in [2.75, 3.05) is 13.7 Å². The van der Waals surface area contributed by atoms with E-state index in [0.717, 1.165) is 37.5 Å². The molecule has 1 aromatic carbocycles. The minimum Gasteiger partial charge on any atom is -0.497 e. The highest BCUT2D eigenvalue weighted by Gasteiger charge is 2.53. The molecule has 1 aromatic heterocycles. The molecule has 2 saturated carbocycles. The van der Waals surface area contributed by atoms with Crippen LogP contribution in [0.15, 0.2) is 18.2 Å². The molecule has 3 heterocycles. The molecule has 2 saturated heterocycles. The fourth-order valence-electron chi connectivity index (χ4n) is 6.75. The Bertz CT molecular complexity index is 1330. The lowest BCUT2D eigenvalue weighted by molar-refractivity contribution is -0.127. The largest absolute Gasteiger partial charge is 0.497 e. The molecule has 9 nitrogen and oxygen atoms in total. The maximum absolute atomic E-state index is 13.7. The minimum atomic E-state index is -0.783. The van der Waals surface area contributed by atoms with Crippen LogP contribution < -0.4 is 15.4 Å². The number of methoxy groups -OCH3 is 1. The summed E-state index contributed by atoms with van der Waals surface area (Å²) in [7, 11) is 1.56. The molecule has 37 heavy (non-hydrogen) atoms. The minimum absolute atomic E-state index is 0.0328. The van der Waals surface area contributed by atoms with Gasteiger partial charge in [0.2, 0.25) is 11.8 Å².